The molecular weight excluding hydrogens is 390 g/mol. The molecular formula is C21H25N3O6. The van der Waals surface area contributed by atoms with E-state index in [-0.39, 0.29) is 25.4 Å². The average molecular weight is 415 g/mol. The van der Waals surface area contributed by atoms with Crippen molar-refractivity contribution in [3.63, 3.8) is 0 Å². The number of carbonyl (C=O) groups is 4. The third-order valence-corrected chi connectivity index (χ3v) is 4.61. The van der Waals surface area contributed by atoms with Crippen molar-refractivity contribution in [2.24, 2.45) is 5.73 Å². The highest BCUT2D eigenvalue weighted by atomic mass is 16.5. The van der Waals surface area contributed by atoms with Gasteiger partial charge in [0.25, 0.3) is 0 Å². The van der Waals surface area contributed by atoms with Crippen LogP contribution in [0.5, 0.6) is 0 Å². The average Bonchev–Trinajstić information content (AvgIpc) is 3.16. The SMILES string of the molecule is COC(=O)CCc1c[nH]c(CNC(=O)[C@H](N)C(=O)c2ccccc2)c1CC(=O)OC. The van der Waals surface area contributed by atoms with Crippen molar-refractivity contribution in [1.82, 2.24) is 10.3 Å². The number of hydrogen-bond acceptors (Lipinski definition) is 7. The summed E-state index contributed by atoms with van der Waals surface area (Å²) in [7, 11) is 2.58. The first-order chi connectivity index (χ1) is 14.4. The summed E-state index contributed by atoms with van der Waals surface area (Å²) in [4.78, 5) is 50.9. The summed E-state index contributed by atoms with van der Waals surface area (Å²) in [6, 6.07) is 6.95. The van der Waals surface area contributed by atoms with E-state index in [1.165, 1.54) is 14.2 Å². The van der Waals surface area contributed by atoms with Gasteiger partial charge in [-0.05, 0) is 17.5 Å². The Morgan fingerprint density at radius 2 is 1.73 bits per heavy atom. The molecule has 9 nitrogen and oxygen atoms in total. The fourth-order valence-corrected chi connectivity index (χ4v) is 2.89. The number of rotatable bonds is 10. The third kappa shape index (κ3) is 6.02. The first kappa shape index (κ1) is 22.8. The lowest BCUT2D eigenvalue weighted by molar-refractivity contribution is -0.141. The van der Waals surface area contributed by atoms with Crippen molar-refractivity contribution in [3.05, 3.63) is 58.9 Å². The van der Waals surface area contributed by atoms with Gasteiger partial charge < -0.3 is 25.5 Å². The highest BCUT2D eigenvalue weighted by Gasteiger charge is 2.24. The van der Waals surface area contributed by atoms with Gasteiger partial charge in [-0.25, -0.2) is 0 Å². The molecule has 2 aromatic rings. The number of Topliss-reactive ketones (excluding diaryl/α,β-unsaturated/α-hetero) is 1. The van der Waals surface area contributed by atoms with Gasteiger partial charge in [0.05, 0.1) is 27.2 Å². The summed E-state index contributed by atoms with van der Waals surface area (Å²) < 4.78 is 9.37. The minimum absolute atomic E-state index is 0.0269. The topological polar surface area (TPSA) is 141 Å². The Labute approximate surface area is 173 Å². The summed E-state index contributed by atoms with van der Waals surface area (Å²) in [5, 5.41) is 2.61. The van der Waals surface area contributed by atoms with E-state index < -0.39 is 23.7 Å². The minimum atomic E-state index is -1.36. The number of carbonyl (C=O) groups excluding carboxylic acids is 4. The van der Waals surface area contributed by atoms with Crippen LogP contribution in [0.3, 0.4) is 0 Å². The van der Waals surface area contributed by atoms with Crippen molar-refractivity contribution in [3.8, 4) is 0 Å². The molecule has 0 aliphatic heterocycles. The van der Waals surface area contributed by atoms with Crippen molar-refractivity contribution in [2.45, 2.75) is 31.8 Å². The number of aromatic amines is 1. The van der Waals surface area contributed by atoms with E-state index in [1.807, 2.05) is 0 Å². The van der Waals surface area contributed by atoms with Gasteiger partial charge in [0.15, 0.2) is 5.78 Å². The lowest BCUT2D eigenvalue weighted by Crippen LogP contribution is -2.45. The molecule has 1 atom stereocenters. The molecule has 0 fully saturated rings. The van der Waals surface area contributed by atoms with Crippen LogP contribution >= 0.6 is 0 Å². The lowest BCUT2D eigenvalue weighted by atomic mass is 10.0. The van der Waals surface area contributed by atoms with E-state index in [1.54, 1.807) is 36.5 Å². The Morgan fingerprint density at radius 3 is 2.37 bits per heavy atom. The second-order valence-corrected chi connectivity index (χ2v) is 6.53. The molecule has 30 heavy (non-hydrogen) atoms. The largest absolute Gasteiger partial charge is 0.469 e. The number of aryl methyl sites for hydroxylation is 1. The van der Waals surface area contributed by atoms with Gasteiger partial charge in [-0.3, -0.25) is 19.2 Å². The highest BCUT2D eigenvalue weighted by molar-refractivity contribution is 6.13. The number of ether oxygens (including phenoxy) is 2. The van der Waals surface area contributed by atoms with E-state index in [4.69, 9.17) is 10.5 Å². The smallest absolute Gasteiger partial charge is 0.310 e. The molecule has 4 N–H and O–H groups in total. The number of esters is 2. The highest BCUT2D eigenvalue weighted by Crippen LogP contribution is 2.18. The molecule has 1 heterocycles. The maximum Gasteiger partial charge on any atom is 0.310 e. The standard InChI is InChI=1S/C21H25N3O6/c1-29-17(25)9-8-14-11-23-16(15(14)10-18(26)30-2)12-24-21(28)19(22)20(27)13-6-4-3-5-7-13/h3-7,11,19,23H,8-10,12,22H2,1-2H3,(H,24,28)/t19-/m1/s1. The van der Waals surface area contributed by atoms with Gasteiger partial charge in [-0.2, -0.15) is 0 Å². The molecule has 0 radical (unpaired) electrons. The zero-order valence-electron chi connectivity index (χ0n) is 16.9. The van der Waals surface area contributed by atoms with Gasteiger partial charge in [0, 0.05) is 23.9 Å². The van der Waals surface area contributed by atoms with E-state index in [0.717, 1.165) is 5.56 Å². The van der Waals surface area contributed by atoms with Crippen LogP contribution in [0.2, 0.25) is 0 Å². The Bertz CT molecular complexity index is 907. The predicted octanol–water partition coefficient (Wildman–Crippen LogP) is 0.662. The minimum Gasteiger partial charge on any atom is -0.469 e. The first-order valence-corrected chi connectivity index (χ1v) is 9.31. The normalized spacial score (nSPS) is 11.4. The zero-order valence-corrected chi connectivity index (χ0v) is 16.9. The monoisotopic (exact) mass is 415 g/mol. The number of H-pyrrole nitrogens is 1. The van der Waals surface area contributed by atoms with Crippen LogP contribution in [0.15, 0.2) is 36.5 Å². The molecule has 1 aromatic carbocycles. The molecule has 1 aromatic heterocycles. The Hall–Kier alpha value is -3.46. The number of methoxy groups -OCH3 is 2. The molecule has 0 unspecified atom stereocenters. The van der Waals surface area contributed by atoms with Crippen LogP contribution in [0.1, 0.15) is 33.6 Å². The maximum atomic E-state index is 12.4. The molecule has 0 aliphatic rings. The van der Waals surface area contributed by atoms with E-state index >= 15 is 0 Å². The molecule has 0 bridgehead atoms. The van der Waals surface area contributed by atoms with Crippen LogP contribution in [0.4, 0.5) is 0 Å². The number of aromatic nitrogens is 1. The fourth-order valence-electron chi connectivity index (χ4n) is 2.89. The van der Waals surface area contributed by atoms with Crippen molar-refractivity contribution < 1.29 is 28.7 Å². The number of ketones is 1. The summed E-state index contributed by atoms with van der Waals surface area (Å²) in [5.74, 6) is -1.97. The Kier molecular flexibility index (Phi) is 8.30. The quantitative estimate of drug-likeness (QED) is 0.294. The van der Waals surface area contributed by atoms with Gasteiger partial charge in [-0.15, -0.1) is 0 Å². The summed E-state index contributed by atoms with van der Waals surface area (Å²) in [5.41, 5.74) is 8.06. The zero-order chi connectivity index (χ0) is 22.1. The third-order valence-electron chi connectivity index (χ3n) is 4.61. The lowest BCUT2D eigenvalue weighted by Gasteiger charge is -2.12. The van der Waals surface area contributed by atoms with Gasteiger partial charge >= 0.3 is 11.9 Å². The Balaban J connectivity index is 2.08. The Morgan fingerprint density at radius 1 is 1.07 bits per heavy atom. The van der Waals surface area contributed by atoms with E-state index in [0.29, 0.717) is 23.2 Å². The number of amides is 1. The summed E-state index contributed by atoms with van der Waals surface area (Å²) in [6.45, 7) is 0.0269. The van der Waals surface area contributed by atoms with Gasteiger partial charge in [-0.1, -0.05) is 30.3 Å². The van der Waals surface area contributed by atoms with Crippen LogP contribution in [-0.2, 0) is 43.2 Å². The van der Waals surface area contributed by atoms with E-state index in [2.05, 4.69) is 15.0 Å². The van der Waals surface area contributed by atoms with Crippen LogP contribution in [0, 0.1) is 0 Å². The fraction of sp³-hybridized carbons (Fsp3) is 0.333. The predicted molar refractivity (Wildman–Crippen MR) is 107 cm³/mol. The molecule has 1 amide bonds. The molecule has 0 aliphatic carbocycles. The van der Waals surface area contributed by atoms with Crippen molar-refractivity contribution in [2.75, 3.05) is 14.2 Å². The summed E-state index contributed by atoms with van der Waals surface area (Å²) >= 11 is 0. The number of nitrogens with two attached hydrogens (primary N) is 1. The number of hydrogen-bond donors (Lipinski definition) is 3. The molecule has 0 saturated carbocycles. The van der Waals surface area contributed by atoms with Crippen molar-refractivity contribution in [1.29, 1.82) is 0 Å². The van der Waals surface area contributed by atoms with Crippen LogP contribution < -0.4 is 11.1 Å². The number of nitrogens with one attached hydrogen (secondary N) is 2. The molecule has 0 spiro atoms. The number of benzene rings is 1. The van der Waals surface area contributed by atoms with Crippen LogP contribution in [-0.4, -0.2) is 48.9 Å². The van der Waals surface area contributed by atoms with Crippen molar-refractivity contribution >= 4 is 23.6 Å². The second-order valence-electron chi connectivity index (χ2n) is 6.53. The maximum absolute atomic E-state index is 12.4. The van der Waals surface area contributed by atoms with Crippen LogP contribution in [0.25, 0.3) is 0 Å². The second kappa shape index (κ2) is 10.9. The molecule has 0 saturated heterocycles. The molecule has 160 valence electrons. The summed E-state index contributed by atoms with van der Waals surface area (Å²) in [6.07, 6.45) is 2.13. The van der Waals surface area contributed by atoms with Gasteiger partial charge in [0.1, 0.15) is 6.04 Å². The molecule has 2 rings (SSSR count). The molecule has 9 heteroatoms. The van der Waals surface area contributed by atoms with Gasteiger partial charge in [0.2, 0.25) is 5.91 Å². The van der Waals surface area contributed by atoms with E-state index in [9.17, 15) is 19.2 Å². The first-order valence-electron chi connectivity index (χ1n) is 9.31.